The normalized spacial score (nSPS) is 16.8. The fraction of sp³-hybridized carbons (Fsp3) is 0.278. The van der Waals surface area contributed by atoms with Crippen molar-refractivity contribution in [1.29, 1.82) is 0 Å². The van der Waals surface area contributed by atoms with Gasteiger partial charge in [0.25, 0.3) is 0 Å². The number of ether oxygens (including phenoxy) is 1. The zero-order valence-corrected chi connectivity index (χ0v) is 13.8. The van der Waals surface area contributed by atoms with Gasteiger partial charge in [-0.05, 0) is 31.2 Å². The number of hydrogen-bond acceptors (Lipinski definition) is 4. The molecule has 2 aromatic rings. The van der Waals surface area contributed by atoms with E-state index in [1.807, 2.05) is 48.5 Å². The Hall–Kier alpha value is -2.20. The van der Waals surface area contributed by atoms with Gasteiger partial charge in [0, 0.05) is 18.8 Å². The lowest BCUT2D eigenvalue weighted by atomic mass is 10.2. The van der Waals surface area contributed by atoms with Crippen molar-refractivity contribution in [2.24, 2.45) is 4.99 Å². The first kappa shape index (κ1) is 15.7. The van der Waals surface area contributed by atoms with Gasteiger partial charge in [0.2, 0.25) is 5.90 Å². The highest BCUT2D eigenvalue weighted by Crippen LogP contribution is 2.26. The van der Waals surface area contributed by atoms with Crippen LogP contribution in [0.25, 0.3) is 0 Å². The van der Waals surface area contributed by atoms with E-state index < -0.39 is 0 Å². The molecule has 120 valence electrons. The zero-order chi connectivity index (χ0) is 16.2. The standard InChI is InChI=1S/C18H20ClN3O/c1-2-22(17-10-6-4-8-15(17)19)11-13-12-23-18(21-13)14-7-3-5-9-16(14)20/h3-10,13H,2,11-12,20H2,1H3/t13-/m0/s1. The molecule has 3 rings (SSSR count). The van der Waals surface area contributed by atoms with Gasteiger partial charge >= 0.3 is 0 Å². The fourth-order valence-electron chi connectivity index (χ4n) is 2.71. The summed E-state index contributed by atoms with van der Waals surface area (Å²) in [4.78, 5) is 6.91. The molecule has 0 saturated carbocycles. The molecular weight excluding hydrogens is 310 g/mol. The average molecular weight is 330 g/mol. The summed E-state index contributed by atoms with van der Waals surface area (Å²) < 4.78 is 5.75. The molecule has 0 fully saturated rings. The summed E-state index contributed by atoms with van der Waals surface area (Å²) >= 11 is 6.30. The lowest BCUT2D eigenvalue weighted by Gasteiger charge is -2.25. The number of nitrogens with zero attached hydrogens (tertiary/aromatic N) is 2. The van der Waals surface area contributed by atoms with E-state index in [9.17, 15) is 0 Å². The van der Waals surface area contributed by atoms with Gasteiger partial charge in [0.1, 0.15) is 12.6 Å². The Morgan fingerprint density at radius 1 is 1.22 bits per heavy atom. The van der Waals surface area contributed by atoms with Crippen LogP contribution in [-0.4, -0.2) is 31.6 Å². The Balaban J connectivity index is 1.76. The Bertz CT molecular complexity index is 717. The minimum Gasteiger partial charge on any atom is -0.475 e. The maximum Gasteiger partial charge on any atom is 0.218 e. The monoisotopic (exact) mass is 329 g/mol. The van der Waals surface area contributed by atoms with Gasteiger partial charge in [-0.15, -0.1) is 0 Å². The highest BCUT2D eigenvalue weighted by Gasteiger charge is 2.23. The molecule has 1 heterocycles. The molecule has 1 aliphatic rings. The Morgan fingerprint density at radius 3 is 2.70 bits per heavy atom. The third kappa shape index (κ3) is 3.42. The molecule has 1 aliphatic heterocycles. The number of rotatable bonds is 5. The van der Waals surface area contributed by atoms with Gasteiger partial charge in [0.15, 0.2) is 0 Å². The largest absolute Gasteiger partial charge is 0.475 e. The molecular formula is C18H20ClN3O. The molecule has 0 spiro atoms. The molecule has 0 aromatic heterocycles. The summed E-state index contributed by atoms with van der Waals surface area (Å²) in [6.07, 6.45) is 0. The molecule has 4 nitrogen and oxygen atoms in total. The molecule has 5 heteroatoms. The quantitative estimate of drug-likeness (QED) is 0.853. The van der Waals surface area contributed by atoms with Gasteiger partial charge in [-0.25, -0.2) is 4.99 Å². The molecule has 1 atom stereocenters. The third-order valence-corrected chi connectivity index (χ3v) is 4.23. The highest BCUT2D eigenvalue weighted by atomic mass is 35.5. The maximum absolute atomic E-state index is 6.30. The fourth-order valence-corrected chi connectivity index (χ4v) is 2.96. The van der Waals surface area contributed by atoms with Crippen LogP contribution in [0.15, 0.2) is 53.5 Å². The van der Waals surface area contributed by atoms with Crippen LogP contribution in [0, 0.1) is 0 Å². The molecule has 0 radical (unpaired) electrons. The molecule has 0 unspecified atom stereocenters. The number of benzene rings is 2. The van der Waals surface area contributed by atoms with Crippen molar-refractivity contribution in [3.8, 4) is 0 Å². The second-order valence-electron chi connectivity index (χ2n) is 5.48. The van der Waals surface area contributed by atoms with E-state index in [-0.39, 0.29) is 6.04 Å². The van der Waals surface area contributed by atoms with E-state index in [0.29, 0.717) is 18.2 Å². The second kappa shape index (κ2) is 6.92. The Labute approximate surface area is 141 Å². The summed E-state index contributed by atoms with van der Waals surface area (Å²) in [5.74, 6) is 0.628. The first-order chi connectivity index (χ1) is 11.2. The summed E-state index contributed by atoms with van der Waals surface area (Å²) in [5.41, 5.74) is 8.57. The number of anilines is 2. The van der Waals surface area contributed by atoms with E-state index in [1.165, 1.54) is 0 Å². The van der Waals surface area contributed by atoms with Crippen LogP contribution in [-0.2, 0) is 4.74 Å². The first-order valence-electron chi connectivity index (χ1n) is 7.74. The summed E-state index contributed by atoms with van der Waals surface area (Å²) in [6, 6.07) is 15.6. The van der Waals surface area contributed by atoms with E-state index in [2.05, 4.69) is 11.8 Å². The van der Waals surface area contributed by atoms with E-state index in [1.54, 1.807) is 0 Å². The van der Waals surface area contributed by atoms with Crippen LogP contribution in [0.3, 0.4) is 0 Å². The number of nitrogens with two attached hydrogens (primary N) is 1. The lowest BCUT2D eigenvalue weighted by molar-refractivity contribution is 0.318. The lowest BCUT2D eigenvalue weighted by Crippen LogP contribution is -2.32. The molecule has 23 heavy (non-hydrogen) atoms. The van der Waals surface area contributed by atoms with Gasteiger partial charge < -0.3 is 15.4 Å². The van der Waals surface area contributed by atoms with Crippen LogP contribution in [0.1, 0.15) is 12.5 Å². The van der Waals surface area contributed by atoms with Crippen LogP contribution >= 0.6 is 11.6 Å². The number of nitrogen functional groups attached to an aromatic ring is 1. The van der Waals surface area contributed by atoms with Crippen LogP contribution in [0.2, 0.25) is 5.02 Å². The summed E-state index contributed by atoms with van der Waals surface area (Å²) in [5, 5.41) is 0.754. The highest BCUT2D eigenvalue weighted by molar-refractivity contribution is 6.33. The van der Waals surface area contributed by atoms with Gasteiger partial charge in [-0.3, -0.25) is 0 Å². The minimum atomic E-state index is 0.0702. The zero-order valence-electron chi connectivity index (χ0n) is 13.1. The van der Waals surface area contributed by atoms with E-state index in [0.717, 1.165) is 29.4 Å². The predicted octanol–water partition coefficient (Wildman–Crippen LogP) is 3.59. The van der Waals surface area contributed by atoms with Crippen LogP contribution < -0.4 is 10.6 Å². The van der Waals surface area contributed by atoms with Crippen LogP contribution in [0.4, 0.5) is 11.4 Å². The number of likely N-dealkylation sites (N-methyl/N-ethyl adjacent to an activating group) is 1. The van der Waals surface area contributed by atoms with E-state index >= 15 is 0 Å². The van der Waals surface area contributed by atoms with Crippen LogP contribution in [0.5, 0.6) is 0 Å². The molecule has 0 saturated heterocycles. The SMILES string of the molecule is CCN(C[C@H]1COC(c2ccccc2N)=N1)c1ccccc1Cl. The maximum atomic E-state index is 6.30. The van der Waals surface area contributed by atoms with Crippen molar-refractivity contribution in [2.75, 3.05) is 30.3 Å². The van der Waals surface area contributed by atoms with Gasteiger partial charge in [0.05, 0.1) is 16.3 Å². The number of aliphatic imine (C=N–C) groups is 1. The smallest absolute Gasteiger partial charge is 0.218 e. The van der Waals surface area contributed by atoms with Crippen molar-refractivity contribution in [3.05, 3.63) is 59.1 Å². The van der Waals surface area contributed by atoms with Crippen molar-refractivity contribution in [1.82, 2.24) is 0 Å². The van der Waals surface area contributed by atoms with Gasteiger partial charge in [-0.1, -0.05) is 35.9 Å². The average Bonchev–Trinajstić information content (AvgIpc) is 3.02. The molecule has 0 bridgehead atoms. The van der Waals surface area contributed by atoms with Gasteiger partial charge in [-0.2, -0.15) is 0 Å². The Kier molecular flexibility index (Phi) is 4.72. The van der Waals surface area contributed by atoms with Crippen molar-refractivity contribution in [3.63, 3.8) is 0 Å². The molecule has 2 aromatic carbocycles. The Morgan fingerprint density at radius 2 is 1.96 bits per heavy atom. The van der Waals surface area contributed by atoms with Crippen molar-refractivity contribution < 1.29 is 4.74 Å². The molecule has 0 amide bonds. The molecule has 0 aliphatic carbocycles. The third-order valence-electron chi connectivity index (χ3n) is 3.91. The topological polar surface area (TPSA) is 50.9 Å². The summed E-state index contributed by atoms with van der Waals surface area (Å²) in [7, 11) is 0. The van der Waals surface area contributed by atoms with Crippen molar-refractivity contribution >= 4 is 28.9 Å². The predicted molar refractivity (Wildman–Crippen MR) is 96.5 cm³/mol. The molecule has 2 N–H and O–H groups in total. The van der Waals surface area contributed by atoms with E-state index in [4.69, 9.17) is 27.1 Å². The minimum absolute atomic E-state index is 0.0702. The first-order valence-corrected chi connectivity index (χ1v) is 8.11. The van der Waals surface area contributed by atoms with Crippen molar-refractivity contribution in [2.45, 2.75) is 13.0 Å². The number of para-hydroxylation sites is 2. The second-order valence-corrected chi connectivity index (χ2v) is 5.88. The number of hydrogen-bond donors (Lipinski definition) is 1. The number of halogens is 1. The summed E-state index contributed by atoms with van der Waals surface area (Å²) in [6.45, 7) is 4.29.